The van der Waals surface area contributed by atoms with Crippen LogP contribution in [0.1, 0.15) is 0 Å². The highest BCUT2D eigenvalue weighted by Gasteiger charge is 2.13. The predicted molar refractivity (Wildman–Crippen MR) is 120 cm³/mol. The summed E-state index contributed by atoms with van der Waals surface area (Å²) in [5.41, 5.74) is 1.44. The first kappa shape index (κ1) is 20.5. The van der Waals surface area contributed by atoms with Gasteiger partial charge in [-0.2, -0.15) is 0 Å². The Morgan fingerprint density at radius 1 is 1.03 bits per heavy atom. The molecule has 0 atom stereocenters. The fourth-order valence-electron chi connectivity index (χ4n) is 3.10. The molecule has 1 N–H and O–H groups in total. The highest BCUT2D eigenvalue weighted by atomic mass is 35.5. The number of ether oxygens (including phenoxy) is 2. The molecule has 6 nitrogen and oxygen atoms in total. The third-order valence-corrected chi connectivity index (χ3v) is 4.86. The molecule has 0 unspecified atom stereocenters. The molecule has 0 aliphatic rings. The second kappa shape index (κ2) is 8.93. The maximum Gasteiger partial charge on any atom is 0.344 e. The van der Waals surface area contributed by atoms with Gasteiger partial charge in [0.15, 0.2) is 6.61 Å². The summed E-state index contributed by atoms with van der Waals surface area (Å²) in [5.74, 6) is 0.596. The van der Waals surface area contributed by atoms with E-state index in [1.807, 2.05) is 12.1 Å². The molecule has 0 saturated carbocycles. The molecular weight excluding hydrogens is 418 g/mol. The van der Waals surface area contributed by atoms with Crippen molar-refractivity contribution in [3.05, 3.63) is 88.2 Å². The Kier molecular flexibility index (Phi) is 5.91. The monoisotopic (exact) mass is 435 g/mol. The van der Waals surface area contributed by atoms with E-state index >= 15 is 0 Å². The van der Waals surface area contributed by atoms with Gasteiger partial charge in [-0.05, 0) is 54.1 Å². The van der Waals surface area contributed by atoms with Gasteiger partial charge in [0.2, 0.25) is 0 Å². The highest BCUT2D eigenvalue weighted by molar-refractivity contribution is 6.30. The molecule has 0 bridgehead atoms. The summed E-state index contributed by atoms with van der Waals surface area (Å²) in [6.07, 6.45) is 0. The van der Waals surface area contributed by atoms with E-state index in [-0.39, 0.29) is 12.5 Å². The van der Waals surface area contributed by atoms with E-state index in [4.69, 9.17) is 25.5 Å². The first-order chi connectivity index (χ1) is 15.0. The zero-order valence-corrected chi connectivity index (χ0v) is 17.3. The minimum absolute atomic E-state index is 0.201. The van der Waals surface area contributed by atoms with Crippen LogP contribution in [-0.4, -0.2) is 19.6 Å². The van der Waals surface area contributed by atoms with E-state index in [9.17, 15) is 9.59 Å². The Morgan fingerprint density at radius 2 is 1.81 bits per heavy atom. The third-order valence-electron chi connectivity index (χ3n) is 4.61. The third kappa shape index (κ3) is 4.70. The minimum atomic E-state index is -0.466. The van der Waals surface area contributed by atoms with E-state index in [0.717, 1.165) is 5.39 Å². The van der Waals surface area contributed by atoms with Crippen molar-refractivity contribution < 1.29 is 18.7 Å². The van der Waals surface area contributed by atoms with Crippen LogP contribution in [0.4, 0.5) is 5.69 Å². The van der Waals surface area contributed by atoms with Gasteiger partial charge in [0.1, 0.15) is 17.1 Å². The van der Waals surface area contributed by atoms with Crippen LogP contribution in [0, 0.1) is 0 Å². The van der Waals surface area contributed by atoms with Gasteiger partial charge in [-0.3, -0.25) is 4.79 Å². The number of carbonyl (C=O) groups excluding carboxylic acids is 1. The first-order valence-electron chi connectivity index (χ1n) is 9.43. The lowest BCUT2D eigenvalue weighted by Crippen LogP contribution is -2.20. The number of hydrogen-bond acceptors (Lipinski definition) is 5. The molecule has 7 heteroatoms. The molecule has 0 radical (unpaired) electrons. The lowest BCUT2D eigenvalue weighted by molar-refractivity contribution is -0.118. The van der Waals surface area contributed by atoms with Gasteiger partial charge in [0, 0.05) is 10.4 Å². The largest absolute Gasteiger partial charge is 0.495 e. The number of fused-ring (bicyclic) bond motifs is 1. The molecular formula is C24H18ClNO5. The quantitative estimate of drug-likeness (QED) is 0.424. The number of rotatable bonds is 6. The summed E-state index contributed by atoms with van der Waals surface area (Å²) >= 11 is 5.85. The predicted octanol–water partition coefficient (Wildman–Crippen LogP) is 5.14. The zero-order valence-electron chi connectivity index (χ0n) is 16.6. The molecule has 31 heavy (non-hydrogen) atoms. The van der Waals surface area contributed by atoms with Crippen molar-refractivity contribution in [1.29, 1.82) is 0 Å². The van der Waals surface area contributed by atoms with Gasteiger partial charge in [-0.1, -0.05) is 35.9 Å². The lowest BCUT2D eigenvalue weighted by Gasteiger charge is -2.13. The number of amides is 1. The van der Waals surface area contributed by atoms with Crippen LogP contribution in [-0.2, 0) is 4.79 Å². The highest BCUT2D eigenvalue weighted by Crippen LogP contribution is 2.30. The Balaban J connectivity index is 1.57. The Hall–Kier alpha value is -3.77. The lowest BCUT2D eigenvalue weighted by atomic mass is 10.0. The van der Waals surface area contributed by atoms with Crippen LogP contribution >= 0.6 is 11.6 Å². The van der Waals surface area contributed by atoms with Crippen molar-refractivity contribution in [2.24, 2.45) is 0 Å². The molecule has 1 aromatic heterocycles. The zero-order chi connectivity index (χ0) is 21.8. The summed E-state index contributed by atoms with van der Waals surface area (Å²) in [6.45, 7) is -0.201. The minimum Gasteiger partial charge on any atom is -0.495 e. The van der Waals surface area contributed by atoms with Gasteiger partial charge in [-0.25, -0.2) is 4.79 Å². The van der Waals surface area contributed by atoms with Crippen molar-refractivity contribution in [1.82, 2.24) is 0 Å². The molecule has 0 fully saturated rings. The Bertz CT molecular complexity index is 1300. The SMILES string of the molecule is COc1ccc(-c2cc3ccccc3oc2=O)cc1NC(=O)COc1ccc(Cl)cc1. The fourth-order valence-corrected chi connectivity index (χ4v) is 3.23. The molecule has 4 aromatic rings. The van der Waals surface area contributed by atoms with Gasteiger partial charge >= 0.3 is 5.63 Å². The van der Waals surface area contributed by atoms with Crippen molar-refractivity contribution >= 4 is 34.2 Å². The molecule has 1 amide bonds. The number of anilines is 1. The second-order valence-corrected chi connectivity index (χ2v) is 7.13. The van der Waals surface area contributed by atoms with E-state index in [1.54, 1.807) is 60.7 Å². The maximum absolute atomic E-state index is 12.5. The smallest absolute Gasteiger partial charge is 0.344 e. The Morgan fingerprint density at radius 3 is 2.58 bits per heavy atom. The van der Waals surface area contributed by atoms with E-state index in [1.165, 1.54) is 7.11 Å². The Labute approximate surface area is 183 Å². The summed E-state index contributed by atoms with van der Waals surface area (Å²) < 4.78 is 16.2. The van der Waals surface area contributed by atoms with Crippen LogP contribution in [0.25, 0.3) is 22.1 Å². The number of halogens is 1. The van der Waals surface area contributed by atoms with Crippen molar-refractivity contribution in [2.75, 3.05) is 19.0 Å². The fraction of sp³-hybridized carbons (Fsp3) is 0.0833. The van der Waals surface area contributed by atoms with Gasteiger partial charge in [0.05, 0.1) is 18.4 Å². The molecule has 4 rings (SSSR count). The molecule has 0 spiro atoms. The number of methoxy groups -OCH3 is 1. The average Bonchev–Trinajstić information content (AvgIpc) is 2.78. The molecule has 156 valence electrons. The van der Waals surface area contributed by atoms with E-state index < -0.39 is 5.63 Å². The molecule has 0 saturated heterocycles. The van der Waals surface area contributed by atoms with Gasteiger partial charge < -0.3 is 19.2 Å². The van der Waals surface area contributed by atoms with Crippen molar-refractivity contribution in [3.8, 4) is 22.6 Å². The van der Waals surface area contributed by atoms with Gasteiger partial charge in [0.25, 0.3) is 5.91 Å². The average molecular weight is 436 g/mol. The van der Waals surface area contributed by atoms with Crippen LogP contribution < -0.4 is 20.4 Å². The summed E-state index contributed by atoms with van der Waals surface area (Å²) in [5, 5.41) is 4.14. The van der Waals surface area contributed by atoms with Crippen LogP contribution in [0.5, 0.6) is 11.5 Å². The summed E-state index contributed by atoms with van der Waals surface area (Å²) in [6, 6.07) is 20.8. The van der Waals surface area contributed by atoms with Crippen LogP contribution in [0.3, 0.4) is 0 Å². The van der Waals surface area contributed by atoms with E-state index in [2.05, 4.69) is 5.32 Å². The van der Waals surface area contributed by atoms with Crippen LogP contribution in [0.15, 0.2) is 82.0 Å². The summed E-state index contributed by atoms with van der Waals surface area (Å²) in [7, 11) is 1.50. The number of hydrogen-bond donors (Lipinski definition) is 1. The molecule has 1 heterocycles. The molecule has 0 aliphatic heterocycles. The topological polar surface area (TPSA) is 77.8 Å². The number of nitrogens with one attached hydrogen (secondary N) is 1. The number of carbonyl (C=O) groups is 1. The van der Waals surface area contributed by atoms with Crippen molar-refractivity contribution in [2.45, 2.75) is 0 Å². The maximum atomic E-state index is 12.5. The molecule has 3 aromatic carbocycles. The number of para-hydroxylation sites is 1. The first-order valence-corrected chi connectivity index (χ1v) is 9.81. The molecule has 0 aliphatic carbocycles. The van der Waals surface area contributed by atoms with E-state index in [0.29, 0.717) is 38.9 Å². The second-order valence-electron chi connectivity index (χ2n) is 6.69. The normalized spacial score (nSPS) is 10.6. The van der Waals surface area contributed by atoms with Gasteiger partial charge in [-0.15, -0.1) is 0 Å². The van der Waals surface area contributed by atoms with Crippen molar-refractivity contribution in [3.63, 3.8) is 0 Å². The number of benzene rings is 3. The standard InChI is InChI=1S/C24H18ClNO5/c1-29-22-11-6-15(19-12-16-4-2-3-5-21(16)31-24(19)28)13-20(22)26-23(27)14-30-18-9-7-17(25)8-10-18/h2-13H,14H2,1H3,(H,26,27). The van der Waals surface area contributed by atoms with Crippen LogP contribution in [0.2, 0.25) is 5.02 Å². The summed E-state index contributed by atoms with van der Waals surface area (Å²) in [4.78, 5) is 24.9.